The molecule has 0 heterocycles. The molecule has 0 aromatic heterocycles. The molecular weight excluding hydrogens is 198 g/mol. The second-order valence-corrected chi connectivity index (χ2v) is 4.80. The summed E-state index contributed by atoms with van der Waals surface area (Å²) in [4.78, 5) is 0. The fraction of sp³-hybridized carbons (Fsp3) is 0.571. The minimum Gasteiger partial charge on any atom is -0.393 e. The van der Waals surface area contributed by atoms with Gasteiger partial charge in [0.25, 0.3) is 0 Å². The molecule has 2 unspecified atom stereocenters. The average Bonchev–Trinajstić information content (AvgIpc) is 2.74. The van der Waals surface area contributed by atoms with Crippen LogP contribution in [0.4, 0.5) is 0 Å². The predicted molar refractivity (Wildman–Crippen MR) is 66.4 cm³/mol. The van der Waals surface area contributed by atoms with Crippen molar-refractivity contribution in [3.63, 3.8) is 0 Å². The van der Waals surface area contributed by atoms with E-state index in [-0.39, 0.29) is 6.10 Å². The quantitative estimate of drug-likeness (QED) is 0.815. The SMILES string of the molecule is NCCCc1cccc(C2CCC(O)C2)c1. The third kappa shape index (κ3) is 2.83. The van der Waals surface area contributed by atoms with Crippen LogP contribution in [0.15, 0.2) is 24.3 Å². The highest BCUT2D eigenvalue weighted by molar-refractivity contribution is 5.27. The van der Waals surface area contributed by atoms with Gasteiger partial charge < -0.3 is 10.8 Å². The highest BCUT2D eigenvalue weighted by atomic mass is 16.3. The number of nitrogens with two attached hydrogens (primary N) is 1. The average molecular weight is 219 g/mol. The Morgan fingerprint density at radius 1 is 1.31 bits per heavy atom. The van der Waals surface area contributed by atoms with Gasteiger partial charge in [0.05, 0.1) is 6.10 Å². The number of aliphatic hydroxyl groups excluding tert-OH is 1. The van der Waals surface area contributed by atoms with Crippen molar-refractivity contribution >= 4 is 0 Å². The number of aliphatic hydroxyl groups is 1. The van der Waals surface area contributed by atoms with Gasteiger partial charge in [0.1, 0.15) is 0 Å². The van der Waals surface area contributed by atoms with Gasteiger partial charge in [0.15, 0.2) is 0 Å². The molecule has 2 nitrogen and oxygen atoms in total. The number of rotatable bonds is 4. The molecule has 1 aliphatic carbocycles. The van der Waals surface area contributed by atoms with Crippen molar-refractivity contribution in [3.8, 4) is 0 Å². The van der Waals surface area contributed by atoms with Gasteiger partial charge in [-0.25, -0.2) is 0 Å². The van der Waals surface area contributed by atoms with E-state index in [2.05, 4.69) is 24.3 Å². The van der Waals surface area contributed by atoms with Gasteiger partial charge in [-0.15, -0.1) is 0 Å². The van der Waals surface area contributed by atoms with Crippen LogP contribution in [-0.4, -0.2) is 17.8 Å². The lowest BCUT2D eigenvalue weighted by Crippen LogP contribution is -2.02. The van der Waals surface area contributed by atoms with Crippen molar-refractivity contribution in [3.05, 3.63) is 35.4 Å². The van der Waals surface area contributed by atoms with E-state index >= 15 is 0 Å². The van der Waals surface area contributed by atoms with Crippen LogP contribution in [0.3, 0.4) is 0 Å². The Bertz CT molecular complexity index is 337. The summed E-state index contributed by atoms with van der Waals surface area (Å²) in [6.07, 6.45) is 5.05. The molecule has 1 saturated carbocycles. The normalized spacial score (nSPS) is 24.9. The van der Waals surface area contributed by atoms with E-state index in [1.54, 1.807) is 0 Å². The Morgan fingerprint density at radius 2 is 2.19 bits per heavy atom. The van der Waals surface area contributed by atoms with Crippen molar-refractivity contribution in [1.29, 1.82) is 0 Å². The molecule has 2 heteroatoms. The highest BCUT2D eigenvalue weighted by Gasteiger charge is 2.23. The first-order valence-electron chi connectivity index (χ1n) is 6.26. The summed E-state index contributed by atoms with van der Waals surface area (Å²) in [7, 11) is 0. The smallest absolute Gasteiger partial charge is 0.0546 e. The summed E-state index contributed by atoms with van der Waals surface area (Å²) in [5.74, 6) is 0.563. The molecule has 0 saturated heterocycles. The molecular formula is C14H21NO. The van der Waals surface area contributed by atoms with E-state index < -0.39 is 0 Å². The Hall–Kier alpha value is -0.860. The maximum Gasteiger partial charge on any atom is 0.0546 e. The second-order valence-electron chi connectivity index (χ2n) is 4.80. The van der Waals surface area contributed by atoms with E-state index in [4.69, 9.17) is 5.73 Å². The van der Waals surface area contributed by atoms with Crippen molar-refractivity contribution in [2.45, 2.75) is 44.1 Å². The van der Waals surface area contributed by atoms with E-state index in [0.717, 1.165) is 38.6 Å². The van der Waals surface area contributed by atoms with Crippen molar-refractivity contribution in [1.82, 2.24) is 0 Å². The minimum atomic E-state index is -0.0855. The summed E-state index contributed by atoms with van der Waals surface area (Å²) in [5, 5.41) is 9.56. The zero-order valence-corrected chi connectivity index (χ0v) is 9.73. The van der Waals surface area contributed by atoms with Gasteiger partial charge in [-0.05, 0) is 55.7 Å². The van der Waals surface area contributed by atoms with Crippen LogP contribution in [0.25, 0.3) is 0 Å². The molecule has 0 aliphatic heterocycles. The van der Waals surface area contributed by atoms with Gasteiger partial charge in [0.2, 0.25) is 0 Å². The Kier molecular flexibility index (Phi) is 3.97. The minimum absolute atomic E-state index is 0.0855. The van der Waals surface area contributed by atoms with E-state index in [1.807, 2.05) is 0 Å². The maximum atomic E-state index is 9.56. The van der Waals surface area contributed by atoms with Gasteiger partial charge in [0, 0.05) is 0 Å². The summed E-state index contributed by atoms with van der Waals surface area (Å²) < 4.78 is 0. The standard InChI is InChI=1S/C14H21NO/c15-8-2-4-11-3-1-5-12(9-11)13-6-7-14(16)10-13/h1,3,5,9,13-14,16H,2,4,6-8,10,15H2. The lowest BCUT2D eigenvalue weighted by molar-refractivity contribution is 0.181. The fourth-order valence-corrected chi connectivity index (χ4v) is 2.57. The molecule has 0 bridgehead atoms. The van der Waals surface area contributed by atoms with E-state index in [1.165, 1.54) is 11.1 Å². The number of hydrogen-bond acceptors (Lipinski definition) is 2. The summed E-state index contributed by atoms with van der Waals surface area (Å²) in [6, 6.07) is 8.78. The van der Waals surface area contributed by atoms with E-state index in [0.29, 0.717) is 5.92 Å². The van der Waals surface area contributed by atoms with Crippen molar-refractivity contribution < 1.29 is 5.11 Å². The first-order chi connectivity index (χ1) is 7.79. The molecule has 0 amide bonds. The van der Waals surface area contributed by atoms with Crippen molar-refractivity contribution in [2.24, 2.45) is 5.73 Å². The Balaban J connectivity index is 2.04. The van der Waals surface area contributed by atoms with Crippen LogP contribution in [-0.2, 0) is 6.42 Å². The lowest BCUT2D eigenvalue weighted by atomic mass is 9.95. The third-order valence-corrected chi connectivity index (χ3v) is 3.50. The zero-order chi connectivity index (χ0) is 11.4. The molecule has 1 fully saturated rings. The molecule has 3 N–H and O–H groups in total. The van der Waals surface area contributed by atoms with Gasteiger partial charge in [-0.2, -0.15) is 0 Å². The number of hydrogen-bond donors (Lipinski definition) is 2. The van der Waals surface area contributed by atoms with Gasteiger partial charge >= 0.3 is 0 Å². The molecule has 0 radical (unpaired) electrons. The molecule has 1 aromatic carbocycles. The number of aryl methyl sites for hydroxylation is 1. The highest BCUT2D eigenvalue weighted by Crippen LogP contribution is 2.34. The molecule has 16 heavy (non-hydrogen) atoms. The van der Waals surface area contributed by atoms with Crippen LogP contribution in [0.5, 0.6) is 0 Å². The van der Waals surface area contributed by atoms with Crippen LogP contribution in [0.1, 0.15) is 42.7 Å². The molecule has 1 aromatic rings. The Morgan fingerprint density at radius 3 is 2.88 bits per heavy atom. The largest absolute Gasteiger partial charge is 0.393 e. The predicted octanol–water partition coefficient (Wildman–Crippen LogP) is 2.21. The molecule has 88 valence electrons. The van der Waals surface area contributed by atoms with Crippen LogP contribution >= 0.6 is 0 Å². The number of benzene rings is 1. The van der Waals surface area contributed by atoms with Crippen LogP contribution in [0, 0.1) is 0 Å². The summed E-state index contributed by atoms with van der Waals surface area (Å²) in [6.45, 7) is 0.756. The van der Waals surface area contributed by atoms with Crippen LogP contribution in [0.2, 0.25) is 0 Å². The molecule has 0 spiro atoms. The molecule has 2 atom stereocenters. The van der Waals surface area contributed by atoms with Gasteiger partial charge in [-0.1, -0.05) is 24.3 Å². The lowest BCUT2D eigenvalue weighted by Gasteiger charge is -2.11. The molecule has 2 rings (SSSR count). The summed E-state index contributed by atoms with van der Waals surface area (Å²) >= 11 is 0. The first kappa shape index (κ1) is 11.6. The topological polar surface area (TPSA) is 46.2 Å². The fourth-order valence-electron chi connectivity index (χ4n) is 2.57. The Labute approximate surface area is 97.5 Å². The zero-order valence-electron chi connectivity index (χ0n) is 9.73. The first-order valence-corrected chi connectivity index (χ1v) is 6.26. The monoisotopic (exact) mass is 219 g/mol. The van der Waals surface area contributed by atoms with Crippen molar-refractivity contribution in [2.75, 3.05) is 6.54 Å². The second kappa shape index (κ2) is 5.46. The van der Waals surface area contributed by atoms with Gasteiger partial charge in [-0.3, -0.25) is 0 Å². The third-order valence-electron chi connectivity index (χ3n) is 3.50. The maximum absolute atomic E-state index is 9.56. The van der Waals surface area contributed by atoms with Crippen LogP contribution < -0.4 is 5.73 Å². The van der Waals surface area contributed by atoms with E-state index in [9.17, 15) is 5.11 Å². The summed E-state index contributed by atoms with van der Waals surface area (Å²) in [5.41, 5.74) is 8.30. The molecule has 1 aliphatic rings.